The Balaban J connectivity index is 1.44. The molecule has 11 rings (SSSR count). The smallest absolute Gasteiger partial charge is 0.178 e. The molecule has 0 radical (unpaired) electrons. The number of aromatic nitrogens is 6. The number of rotatable bonds is 2. The van der Waals surface area contributed by atoms with Gasteiger partial charge in [-0.05, 0) is 66.7 Å². The number of fused-ring (bicyclic) bond motifs is 16. The second kappa shape index (κ2) is 9.02. The highest BCUT2D eigenvalue weighted by Crippen LogP contribution is 2.45. The normalized spacial score (nSPS) is 12.3. The summed E-state index contributed by atoms with van der Waals surface area (Å²) in [5, 5.41) is 8.13. The van der Waals surface area contributed by atoms with Crippen molar-refractivity contribution in [1.29, 1.82) is 0 Å². The van der Waals surface area contributed by atoms with E-state index in [1.807, 2.05) is 18.3 Å². The Hall–Kier alpha value is -6.53. The summed E-state index contributed by atoms with van der Waals surface area (Å²) < 4.78 is 7.02. The molecule has 0 amide bonds. The zero-order valence-electron chi connectivity index (χ0n) is 25.0. The predicted octanol–water partition coefficient (Wildman–Crippen LogP) is 9.78. The summed E-state index contributed by atoms with van der Waals surface area (Å²) in [6.45, 7) is 0. The highest BCUT2D eigenvalue weighted by atomic mass is 15.1. The van der Waals surface area contributed by atoms with E-state index in [9.17, 15) is 0 Å². The average molecular weight is 601 g/mol. The molecule has 0 aliphatic carbocycles. The van der Waals surface area contributed by atoms with Crippen LogP contribution in [-0.2, 0) is 0 Å². The third-order valence-electron chi connectivity index (χ3n) is 9.69. The van der Waals surface area contributed by atoms with Crippen LogP contribution in [0.3, 0.4) is 0 Å². The standard InChI is InChI=1S/C41H24N6/c1-3-11-25(12-4-1)45-32-17-8-7-15-29(32)36-33(45)22-21-28-27-19-20-31-35(37(27)46(38(28)36)26-13-5-2-6-14-26)30-16-9-24-43-40(30)47-34-18-10-23-42-39(34)44-41(31)47/h1-24H. The Kier molecular flexibility index (Phi) is 4.75. The third-order valence-corrected chi connectivity index (χ3v) is 9.69. The van der Waals surface area contributed by atoms with Crippen LogP contribution in [0, 0.1) is 0 Å². The molecule has 0 bridgehead atoms. The first kappa shape index (κ1) is 24.8. The van der Waals surface area contributed by atoms with Crippen LogP contribution in [0.4, 0.5) is 0 Å². The minimum atomic E-state index is 0.714. The van der Waals surface area contributed by atoms with Gasteiger partial charge in [-0.2, -0.15) is 0 Å². The van der Waals surface area contributed by atoms with Gasteiger partial charge in [-0.1, -0.05) is 66.7 Å². The number of nitrogens with zero attached hydrogens (tertiary/aromatic N) is 6. The lowest BCUT2D eigenvalue weighted by Gasteiger charge is -2.13. The average Bonchev–Trinajstić information content (AvgIpc) is 3.80. The van der Waals surface area contributed by atoms with E-state index >= 15 is 0 Å². The van der Waals surface area contributed by atoms with Gasteiger partial charge in [-0.3, -0.25) is 4.40 Å². The lowest BCUT2D eigenvalue weighted by atomic mass is 10.0. The topological polar surface area (TPSA) is 52.9 Å². The Labute approximate surface area is 267 Å². The first-order valence-corrected chi connectivity index (χ1v) is 15.8. The Morgan fingerprint density at radius 2 is 0.979 bits per heavy atom. The summed E-state index contributed by atoms with van der Waals surface area (Å²) in [5.41, 5.74) is 10.3. The van der Waals surface area contributed by atoms with Crippen LogP contribution < -0.4 is 0 Å². The summed E-state index contributed by atoms with van der Waals surface area (Å²) in [7, 11) is 0. The van der Waals surface area contributed by atoms with Gasteiger partial charge >= 0.3 is 0 Å². The molecular weight excluding hydrogens is 576 g/mol. The molecule has 0 spiro atoms. The summed E-state index contributed by atoms with van der Waals surface area (Å²) in [4.78, 5) is 14.7. The van der Waals surface area contributed by atoms with Gasteiger partial charge in [0, 0.05) is 61.5 Å². The maximum atomic E-state index is 5.08. The summed E-state index contributed by atoms with van der Waals surface area (Å²) in [6, 6.07) is 47.5. The van der Waals surface area contributed by atoms with Gasteiger partial charge in [0.25, 0.3) is 0 Å². The molecule has 0 fully saturated rings. The second-order valence-electron chi connectivity index (χ2n) is 12.1. The first-order chi connectivity index (χ1) is 23.4. The van der Waals surface area contributed by atoms with Gasteiger partial charge in [0.15, 0.2) is 5.65 Å². The van der Waals surface area contributed by atoms with Crippen molar-refractivity contribution in [1.82, 2.24) is 28.5 Å². The van der Waals surface area contributed by atoms with Gasteiger partial charge in [-0.15, -0.1) is 0 Å². The van der Waals surface area contributed by atoms with Gasteiger partial charge in [0.05, 0.1) is 27.6 Å². The summed E-state index contributed by atoms with van der Waals surface area (Å²) >= 11 is 0. The van der Waals surface area contributed by atoms with Gasteiger partial charge in [0.2, 0.25) is 0 Å². The van der Waals surface area contributed by atoms with Crippen LogP contribution in [0.5, 0.6) is 0 Å². The fraction of sp³-hybridized carbons (Fsp3) is 0. The third kappa shape index (κ3) is 3.16. The van der Waals surface area contributed by atoms with Crippen molar-refractivity contribution < 1.29 is 0 Å². The monoisotopic (exact) mass is 600 g/mol. The largest absolute Gasteiger partial charge is 0.309 e. The van der Waals surface area contributed by atoms with Crippen LogP contribution >= 0.6 is 0 Å². The number of imidazole rings is 1. The second-order valence-corrected chi connectivity index (χ2v) is 12.1. The Bertz CT molecular complexity index is 3060. The SMILES string of the molecule is c1ccc(-n2c3ccccc3c3c2ccc2c4ccc5c(c6cccnc6n6c7cccnc7nc56)c4n(-c4ccccc4)c23)cc1. The van der Waals surface area contributed by atoms with Crippen molar-refractivity contribution in [3.05, 3.63) is 146 Å². The minimum absolute atomic E-state index is 0.714. The molecule has 47 heavy (non-hydrogen) atoms. The van der Waals surface area contributed by atoms with Crippen molar-refractivity contribution in [2.75, 3.05) is 0 Å². The molecule has 218 valence electrons. The highest BCUT2D eigenvalue weighted by Gasteiger charge is 2.24. The molecule has 6 aromatic heterocycles. The van der Waals surface area contributed by atoms with E-state index in [0.717, 1.165) is 49.9 Å². The molecule has 5 aromatic carbocycles. The molecular formula is C41H24N6. The Morgan fingerprint density at radius 3 is 1.81 bits per heavy atom. The van der Waals surface area contributed by atoms with E-state index in [-0.39, 0.29) is 0 Å². The van der Waals surface area contributed by atoms with Gasteiger partial charge in [-0.25, -0.2) is 15.0 Å². The van der Waals surface area contributed by atoms with Crippen molar-refractivity contribution in [3.63, 3.8) is 0 Å². The number of para-hydroxylation sites is 3. The molecule has 0 unspecified atom stereocenters. The highest BCUT2D eigenvalue weighted by molar-refractivity contribution is 6.32. The van der Waals surface area contributed by atoms with E-state index < -0.39 is 0 Å². The molecule has 6 nitrogen and oxygen atoms in total. The van der Waals surface area contributed by atoms with E-state index in [1.54, 1.807) is 6.20 Å². The van der Waals surface area contributed by atoms with Crippen LogP contribution in [0.15, 0.2) is 146 Å². The molecule has 11 aromatic rings. The molecule has 6 heteroatoms. The minimum Gasteiger partial charge on any atom is -0.309 e. The molecule has 0 aliphatic heterocycles. The molecule has 0 N–H and O–H groups in total. The molecule has 0 aliphatic rings. The van der Waals surface area contributed by atoms with E-state index in [2.05, 4.69) is 140 Å². The van der Waals surface area contributed by atoms with Crippen molar-refractivity contribution in [3.8, 4) is 11.4 Å². The Morgan fingerprint density at radius 1 is 0.383 bits per heavy atom. The van der Waals surface area contributed by atoms with Crippen LogP contribution in [0.25, 0.3) is 93.6 Å². The maximum Gasteiger partial charge on any atom is 0.178 e. The predicted molar refractivity (Wildman–Crippen MR) is 192 cm³/mol. The van der Waals surface area contributed by atoms with Crippen molar-refractivity contribution >= 4 is 82.2 Å². The lowest BCUT2D eigenvalue weighted by molar-refractivity contribution is 1.18. The quantitative estimate of drug-likeness (QED) is 0.186. The fourth-order valence-corrected chi connectivity index (χ4v) is 7.87. The molecule has 0 saturated carbocycles. The number of benzene rings is 5. The van der Waals surface area contributed by atoms with Crippen molar-refractivity contribution in [2.24, 2.45) is 0 Å². The lowest BCUT2D eigenvalue weighted by Crippen LogP contribution is -1.98. The van der Waals surface area contributed by atoms with Crippen LogP contribution in [-0.4, -0.2) is 28.5 Å². The molecule has 6 heterocycles. The first-order valence-electron chi connectivity index (χ1n) is 15.8. The van der Waals surface area contributed by atoms with Crippen molar-refractivity contribution in [2.45, 2.75) is 0 Å². The van der Waals surface area contributed by atoms with Crippen LogP contribution in [0.1, 0.15) is 0 Å². The van der Waals surface area contributed by atoms with Gasteiger partial charge < -0.3 is 9.13 Å². The molecule has 0 saturated heterocycles. The van der Waals surface area contributed by atoms with Crippen LogP contribution in [0.2, 0.25) is 0 Å². The molecule has 0 atom stereocenters. The van der Waals surface area contributed by atoms with Gasteiger partial charge in [0.1, 0.15) is 11.3 Å². The van der Waals surface area contributed by atoms with E-state index in [0.29, 0.717) is 5.65 Å². The van der Waals surface area contributed by atoms with E-state index in [4.69, 9.17) is 9.97 Å². The number of hydrogen-bond donors (Lipinski definition) is 0. The summed E-state index contributed by atoms with van der Waals surface area (Å²) in [5.74, 6) is 0. The van der Waals surface area contributed by atoms with E-state index in [1.165, 1.54) is 38.1 Å². The number of pyridine rings is 3. The zero-order chi connectivity index (χ0) is 30.6. The maximum absolute atomic E-state index is 5.08. The summed E-state index contributed by atoms with van der Waals surface area (Å²) in [6.07, 6.45) is 3.67. The number of hydrogen-bond acceptors (Lipinski definition) is 3. The fourth-order valence-electron chi connectivity index (χ4n) is 7.87. The zero-order valence-corrected chi connectivity index (χ0v) is 25.0.